The van der Waals surface area contributed by atoms with Gasteiger partial charge in [-0.2, -0.15) is 0 Å². The zero-order valence-corrected chi connectivity index (χ0v) is 9.83. The van der Waals surface area contributed by atoms with Gasteiger partial charge in [0.15, 0.2) is 17.1 Å². The molecule has 0 amide bonds. The summed E-state index contributed by atoms with van der Waals surface area (Å²) in [6.07, 6.45) is 0. The van der Waals surface area contributed by atoms with Crippen molar-refractivity contribution in [3.63, 3.8) is 0 Å². The second-order valence-corrected chi connectivity index (χ2v) is 4.13. The van der Waals surface area contributed by atoms with Gasteiger partial charge in [0.05, 0.1) is 5.39 Å². The fourth-order valence-corrected chi connectivity index (χ4v) is 1.98. The predicted molar refractivity (Wildman–Crippen MR) is 71.2 cm³/mol. The predicted octanol–water partition coefficient (Wildman–Crippen LogP) is 2.87. The minimum atomic E-state index is -0.559. The van der Waals surface area contributed by atoms with Crippen LogP contribution in [-0.2, 0) is 0 Å². The molecule has 2 aromatic carbocycles. The summed E-state index contributed by atoms with van der Waals surface area (Å²) < 4.78 is 5.49. The van der Waals surface area contributed by atoms with Crippen LogP contribution in [0.4, 0.5) is 0 Å². The van der Waals surface area contributed by atoms with E-state index in [4.69, 9.17) is 4.42 Å². The number of para-hydroxylation sites is 1. The largest absolute Gasteiger partial charge is 0.504 e. The Hall–Kier alpha value is -2.75. The number of aromatic hydroxyl groups is 2. The molecule has 0 aliphatic rings. The van der Waals surface area contributed by atoms with Gasteiger partial charge < -0.3 is 14.6 Å². The average molecular weight is 254 g/mol. The summed E-state index contributed by atoms with van der Waals surface area (Å²) in [6.45, 7) is 0. The Bertz CT molecular complexity index is 803. The van der Waals surface area contributed by atoms with Gasteiger partial charge in [-0.25, -0.2) is 0 Å². The topological polar surface area (TPSA) is 70.7 Å². The van der Waals surface area contributed by atoms with Crippen molar-refractivity contribution in [1.29, 1.82) is 0 Å². The molecule has 0 unspecified atom stereocenters. The van der Waals surface area contributed by atoms with E-state index in [1.165, 1.54) is 18.2 Å². The summed E-state index contributed by atoms with van der Waals surface area (Å²) >= 11 is 0. The Morgan fingerprint density at radius 1 is 0.895 bits per heavy atom. The summed E-state index contributed by atoms with van der Waals surface area (Å²) in [5.74, 6) is -0.532. The lowest BCUT2D eigenvalue weighted by atomic mass is 10.1. The van der Waals surface area contributed by atoms with Gasteiger partial charge in [0.2, 0.25) is 11.2 Å². The molecule has 0 bridgehead atoms. The van der Waals surface area contributed by atoms with E-state index in [0.29, 0.717) is 5.56 Å². The van der Waals surface area contributed by atoms with Crippen molar-refractivity contribution in [2.24, 2.45) is 0 Å². The second kappa shape index (κ2) is 4.17. The number of fused-ring (bicyclic) bond motifs is 1. The van der Waals surface area contributed by atoms with E-state index < -0.39 is 11.2 Å². The highest BCUT2D eigenvalue weighted by Crippen LogP contribution is 2.32. The summed E-state index contributed by atoms with van der Waals surface area (Å²) in [5, 5.41) is 19.8. The van der Waals surface area contributed by atoms with Gasteiger partial charge in [-0.05, 0) is 12.1 Å². The molecular weight excluding hydrogens is 244 g/mol. The zero-order chi connectivity index (χ0) is 13.4. The molecule has 4 heteroatoms. The Kier molecular flexibility index (Phi) is 2.49. The highest BCUT2D eigenvalue weighted by atomic mass is 16.4. The molecule has 0 atom stereocenters. The Morgan fingerprint density at radius 3 is 2.37 bits per heavy atom. The van der Waals surface area contributed by atoms with E-state index in [-0.39, 0.29) is 22.5 Å². The number of phenolic OH excluding ortho intramolecular Hbond substituents is 1. The van der Waals surface area contributed by atoms with Gasteiger partial charge in [0, 0.05) is 5.56 Å². The molecule has 0 saturated heterocycles. The van der Waals surface area contributed by atoms with Crippen LogP contribution in [0.3, 0.4) is 0 Å². The van der Waals surface area contributed by atoms with Gasteiger partial charge in [0.25, 0.3) is 0 Å². The van der Waals surface area contributed by atoms with Gasteiger partial charge >= 0.3 is 0 Å². The molecule has 0 aliphatic carbocycles. The van der Waals surface area contributed by atoms with Crippen LogP contribution in [0.15, 0.2) is 57.7 Å². The molecular formula is C15H10O4. The maximum atomic E-state index is 12.1. The van der Waals surface area contributed by atoms with E-state index in [1.807, 2.05) is 6.07 Å². The van der Waals surface area contributed by atoms with Gasteiger partial charge in [-0.3, -0.25) is 4.79 Å². The maximum absolute atomic E-state index is 12.1. The molecule has 19 heavy (non-hydrogen) atoms. The molecule has 0 radical (unpaired) electrons. The standard InChI is InChI=1S/C15H10O4/c16-11-8-4-7-10-12(17)13(18)14(19-15(10)11)9-5-2-1-3-6-9/h1-8,16,18H. The highest BCUT2D eigenvalue weighted by molar-refractivity contribution is 5.85. The van der Waals surface area contributed by atoms with E-state index in [2.05, 4.69) is 0 Å². The van der Waals surface area contributed by atoms with Crippen molar-refractivity contribution in [2.45, 2.75) is 0 Å². The van der Waals surface area contributed by atoms with Crippen LogP contribution in [0.1, 0.15) is 0 Å². The van der Waals surface area contributed by atoms with Gasteiger partial charge in [-0.1, -0.05) is 36.4 Å². The van der Waals surface area contributed by atoms with E-state index in [9.17, 15) is 15.0 Å². The number of phenols is 1. The minimum absolute atomic E-state index is 0.0552. The van der Waals surface area contributed by atoms with Crippen molar-refractivity contribution in [2.75, 3.05) is 0 Å². The van der Waals surface area contributed by atoms with Crippen LogP contribution in [0.5, 0.6) is 11.5 Å². The number of benzene rings is 2. The summed E-state index contributed by atoms with van der Waals surface area (Å²) in [7, 11) is 0. The lowest BCUT2D eigenvalue weighted by Crippen LogP contribution is -2.02. The lowest BCUT2D eigenvalue weighted by molar-refractivity contribution is 0.438. The normalized spacial score (nSPS) is 10.7. The first-order chi connectivity index (χ1) is 9.18. The van der Waals surface area contributed by atoms with Gasteiger partial charge in [-0.15, -0.1) is 0 Å². The summed E-state index contributed by atoms with van der Waals surface area (Å²) in [6, 6.07) is 13.2. The van der Waals surface area contributed by atoms with E-state index in [0.717, 1.165) is 0 Å². The quantitative estimate of drug-likeness (QED) is 0.700. The Balaban J connectivity index is 2.42. The van der Waals surface area contributed by atoms with Crippen molar-refractivity contribution in [1.82, 2.24) is 0 Å². The first-order valence-electron chi connectivity index (χ1n) is 5.71. The van der Waals surface area contributed by atoms with Crippen LogP contribution < -0.4 is 5.43 Å². The number of rotatable bonds is 1. The molecule has 1 heterocycles. The van der Waals surface area contributed by atoms with Crippen LogP contribution in [0.25, 0.3) is 22.3 Å². The molecule has 0 aliphatic heterocycles. The Morgan fingerprint density at radius 2 is 1.63 bits per heavy atom. The van der Waals surface area contributed by atoms with Crippen LogP contribution in [0, 0.1) is 0 Å². The van der Waals surface area contributed by atoms with Crippen molar-refractivity contribution in [3.05, 3.63) is 58.8 Å². The smallest absolute Gasteiger partial charge is 0.235 e. The molecule has 4 nitrogen and oxygen atoms in total. The molecule has 2 N–H and O–H groups in total. The van der Waals surface area contributed by atoms with Crippen LogP contribution in [-0.4, -0.2) is 10.2 Å². The van der Waals surface area contributed by atoms with Gasteiger partial charge in [0.1, 0.15) is 0 Å². The monoisotopic (exact) mass is 254 g/mol. The fraction of sp³-hybridized carbons (Fsp3) is 0. The molecule has 3 rings (SSSR count). The first-order valence-corrected chi connectivity index (χ1v) is 5.71. The third kappa shape index (κ3) is 1.74. The van der Waals surface area contributed by atoms with E-state index >= 15 is 0 Å². The second-order valence-electron chi connectivity index (χ2n) is 4.13. The minimum Gasteiger partial charge on any atom is -0.504 e. The average Bonchev–Trinajstić information content (AvgIpc) is 2.44. The van der Waals surface area contributed by atoms with Crippen molar-refractivity contribution >= 4 is 11.0 Å². The molecule has 0 fully saturated rings. The molecule has 0 saturated carbocycles. The molecule has 94 valence electrons. The highest BCUT2D eigenvalue weighted by Gasteiger charge is 2.16. The number of hydrogen-bond acceptors (Lipinski definition) is 4. The van der Waals surface area contributed by atoms with Crippen molar-refractivity contribution in [3.8, 4) is 22.8 Å². The SMILES string of the molecule is O=c1c(O)c(-c2ccccc2)oc2c(O)cccc12. The zero-order valence-electron chi connectivity index (χ0n) is 9.83. The summed E-state index contributed by atoms with van der Waals surface area (Å²) in [4.78, 5) is 12.1. The molecule has 3 aromatic rings. The van der Waals surface area contributed by atoms with Crippen molar-refractivity contribution < 1.29 is 14.6 Å². The van der Waals surface area contributed by atoms with E-state index in [1.54, 1.807) is 24.3 Å². The molecule has 0 spiro atoms. The van der Waals surface area contributed by atoms with Crippen LogP contribution >= 0.6 is 0 Å². The number of hydrogen-bond donors (Lipinski definition) is 2. The maximum Gasteiger partial charge on any atom is 0.235 e. The summed E-state index contributed by atoms with van der Waals surface area (Å²) in [5.41, 5.74) is 0.0856. The third-order valence-electron chi connectivity index (χ3n) is 2.91. The first kappa shape index (κ1) is 11.3. The van der Waals surface area contributed by atoms with Crippen LogP contribution in [0.2, 0.25) is 0 Å². The lowest BCUT2D eigenvalue weighted by Gasteiger charge is -2.06. The molecule has 1 aromatic heterocycles. The Labute approximate surface area is 108 Å². The fourth-order valence-electron chi connectivity index (χ4n) is 1.98. The third-order valence-corrected chi connectivity index (χ3v) is 2.91.